The van der Waals surface area contributed by atoms with Crippen molar-refractivity contribution in [2.45, 2.75) is 38.6 Å². The first-order valence-corrected chi connectivity index (χ1v) is 10.4. The standard InChI is InChI=1S/C20H27N3O3S/c1-5-21-16(4)13-22-20(24)17-7-6-8-18(12-17)23-27(25,26)19-11-14(2)9-10-15(19)3/h6-12,16,21,23H,5,13H2,1-4H3,(H,22,24)/t16-/m1/s1. The van der Waals surface area contributed by atoms with Crippen molar-refractivity contribution in [3.05, 3.63) is 59.2 Å². The summed E-state index contributed by atoms with van der Waals surface area (Å²) in [5.74, 6) is -0.243. The Morgan fingerprint density at radius 3 is 2.56 bits per heavy atom. The molecule has 2 aromatic carbocycles. The fraction of sp³-hybridized carbons (Fsp3) is 0.350. The van der Waals surface area contributed by atoms with E-state index >= 15 is 0 Å². The largest absolute Gasteiger partial charge is 0.350 e. The first-order chi connectivity index (χ1) is 12.7. The molecule has 0 spiro atoms. The van der Waals surface area contributed by atoms with Gasteiger partial charge in [-0.1, -0.05) is 25.1 Å². The zero-order valence-corrected chi connectivity index (χ0v) is 17.0. The quantitative estimate of drug-likeness (QED) is 0.648. The monoisotopic (exact) mass is 389 g/mol. The van der Waals surface area contributed by atoms with E-state index in [0.29, 0.717) is 23.4 Å². The average molecular weight is 390 g/mol. The van der Waals surface area contributed by atoms with Crippen molar-refractivity contribution < 1.29 is 13.2 Å². The topological polar surface area (TPSA) is 87.3 Å². The van der Waals surface area contributed by atoms with Crippen LogP contribution in [0.25, 0.3) is 0 Å². The summed E-state index contributed by atoms with van der Waals surface area (Å²) in [7, 11) is -3.73. The van der Waals surface area contributed by atoms with Crippen LogP contribution < -0.4 is 15.4 Å². The SMILES string of the molecule is CCN[C@H](C)CNC(=O)c1cccc(NS(=O)(=O)c2cc(C)ccc2C)c1. The van der Waals surface area contributed by atoms with E-state index in [-0.39, 0.29) is 16.8 Å². The lowest BCUT2D eigenvalue weighted by Crippen LogP contribution is -2.38. The third kappa shape index (κ3) is 5.80. The Kier molecular flexibility index (Phi) is 6.98. The Balaban J connectivity index is 2.15. The molecule has 0 aliphatic rings. The predicted octanol–water partition coefficient (Wildman–Crippen LogP) is 2.83. The van der Waals surface area contributed by atoms with Crippen molar-refractivity contribution in [3.63, 3.8) is 0 Å². The molecule has 0 saturated heterocycles. The van der Waals surface area contributed by atoms with Crippen LogP contribution in [0.15, 0.2) is 47.4 Å². The fourth-order valence-corrected chi connectivity index (χ4v) is 4.08. The normalized spacial score (nSPS) is 12.4. The Morgan fingerprint density at radius 1 is 1.11 bits per heavy atom. The van der Waals surface area contributed by atoms with Gasteiger partial charge in [-0.05, 0) is 62.7 Å². The van der Waals surface area contributed by atoms with Gasteiger partial charge in [-0.15, -0.1) is 0 Å². The molecule has 2 rings (SSSR count). The third-order valence-corrected chi connectivity index (χ3v) is 5.65. The summed E-state index contributed by atoms with van der Waals surface area (Å²) in [5.41, 5.74) is 2.28. The van der Waals surface area contributed by atoms with Gasteiger partial charge in [0.25, 0.3) is 15.9 Å². The van der Waals surface area contributed by atoms with Crippen molar-refractivity contribution >= 4 is 21.6 Å². The average Bonchev–Trinajstić information content (AvgIpc) is 2.61. The van der Waals surface area contributed by atoms with E-state index in [1.165, 1.54) is 6.07 Å². The molecule has 0 aromatic heterocycles. The van der Waals surface area contributed by atoms with Crippen LogP contribution in [-0.4, -0.2) is 33.5 Å². The van der Waals surface area contributed by atoms with Gasteiger partial charge in [0.1, 0.15) is 0 Å². The molecule has 6 nitrogen and oxygen atoms in total. The van der Waals surface area contributed by atoms with Crippen molar-refractivity contribution in [2.24, 2.45) is 0 Å². The Bertz CT molecular complexity index is 910. The highest BCUT2D eigenvalue weighted by atomic mass is 32.2. The summed E-state index contributed by atoms with van der Waals surface area (Å²) in [5, 5.41) is 6.06. The molecule has 2 aromatic rings. The van der Waals surface area contributed by atoms with Crippen LogP contribution in [0, 0.1) is 13.8 Å². The molecule has 146 valence electrons. The number of benzene rings is 2. The molecule has 1 atom stereocenters. The van der Waals surface area contributed by atoms with Gasteiger partial charge in [-0.2, -0.15) is 0 Å². The van der Waals surface area contributed by atoms with Gasteiger partial charge in [0.15, 0.2) is 0 Å². The van der Waals surface area contributed by atoms with Crippen molar-refractivity contribution in [2.75, 3.05) is 17.8 Å². The second-order valence-electron chi connectivity index (χ2n) is 6.62. The molecule has 0 heterocycles. The highest BCUT2D eigenvalue weighted by Gasteiger charge is 2.18. The van der Waals surface area contributed by atoms with Gasteiger partial charge in [0.2, 0.25) is 0 Å². The summed E-state index contributed by atoms with van der Waals surface area (Å²) in [6.07, 6.45) is 0. The number of likely N-dealkylation sites (N-methyl/N-ethyl adjacent to an activating group) is 1. The molecule has 1 amide bonds. The van der Waals surface area contributed by atoms with Gasteiger partial charge < -0.3 is 10.6 Å². The highest BCUT2D eigenvalue weighted by molar-refractivity contribution is 7.92. The van der Waals surface area contributed by atoms with Gasteiger partial charge in [-0.3, -0.25) is 9.52 Å². The van der Waals surface area contributed by atoms with Crippen LogP contribution in [0.3, 0.4) is 0 Å². The van der Waals surface area contributed by atoms with Crippen molar-refractivity contribution in [3.8, 4) is 0 Å². The van der Waals surface area contributed by atoms with Gasteiger partial charge in [0, 0.05) is 23.8 Å². The van der Waals surface area contributed by atoms with E-state index in [1.807, 2.05) is 26.8 Å². The maximum Gasteiger partial charge on any atom is 0.262 e. The number of sulfonamides is 1. The molecular formula is C20H27N3O3S. The van der Waals surface area contributed by atoms with Crippen LogP contribution in [0.2, 0.25) is 0 Å². The maximum absolute atomic E-state index is 12.7. The van der Waals surface area contributed by atoms with Crippen molar-refractivity contribution in [1.29, 1.82) is 0 Å². The zero-order valence-electron chi connectivity index (χ0n) is 16.2. The highest BCUT2D eigenvalue weighted by Crippen LogP contribution is 2.21. The predicted molar refractivity (Wildman–Crippen MR) is 109 cm³/mol. The molecule has 0 bridgehead atoms. The Hall–Kier alpha value is -2.38. The van der Waals surface area contributed by atoms with Crippen LogP contribution in [0.1, 0.15) is 35.3 Å². The van der Waals surface area contributed by atoms with Gasteiger partial charge >= 0.3 is 0 Å². The summed E-state index contributed by atoms with van der Waals surface area (Å²) in [6.45, 7) is 8.90. The molecule has 0 aliphatic heterocycles. The number of nitrogens with one attached hydrogen (secondary N) is 3. The molecule has 7 heteroatoms. The number of carbonyl (C=O) groups is 1. The van der Waals surface area contributed by atoms with E-state index < -0.39 is 10.0 Å². The van der Waals surface area contributed by atoms with Gasteiger partial charge in [-0.25, -0.2) is 8.42 Å². The second kappa shape index (κ2) is 9.01. The summed E-state index contributed by atoms with van der Waals surface area (Å²) in [6, 6.07) is 11.9. The lowest BCUT2D eigenvalue weighted by Gasteiger charge is -2.14. The molecule has 0 saturated carbocycles. The first kappa shape index (κ1) is 20.9. The van der Waals surface area contributed by atoms with Gasteiger partial charge in [0.05, 0.1) is 4.90 Å². The number of aryl methyl sites for hydroxylation is 2. The molecule has 0 radical (unpaired) electrons. The van der Waals surface area contributed by atoms with E-state index in [1.54, 1.807) is 37.3 Å². The van der Waals surface area contributed by atoms with Crippen LogP contribution in [-0.2, 0) is 10.0 Å². The minimum atomic E-state index is -3.73. The Morgan fingerprint density at radius 2 is 1.85 bits per heavy atom. The molecular weight excluding hydrogens is 362 g/mol. The number of amides is 1. The lowest BCUT2D eigenvalue weighted by molar-refractivity contribution is 0.0950. The van der Waals surface area contributed by atoms with Crippen LogP contribution in [0.4, 0.5) is 5.69 Å². The minimum absolute atomic E-state index is 0.157. The first-order valence-electron chi connectivity index (χ1n) is 8.94. The summed E-state index contributed by atoms with van der Waals surface area (Å²) in [4.78, 5) is 12.6. The molecule has 27 heavy (non-hydrogen) atoms. The van der Waals surface area contributed by atoms with Crippen molar-refractivity contribution in [1.82, 2.24) is 10.6 Å². The number of anilines is 1. The number of carbonyl (C=O) groups excluding carboxylic acids is 1. The number of hydrogen-bond acceptors (Lipinski definition) is 4. The van der Waals surface area contributed by atoms with E-state index in [2.05, 4.69) is 15.4 Å². The zero-order chi connectivity index (χ0) is 20.0. The molecule has 0 fully saturated rings. The second-order valence-corrected chi connectivity index (χ2v) is 8.27. The summed E-state index contributed by atoms with van der Waals surface area (Å²) >= 11 is 0. The van der Waals surface area contributed by atoms with Crippen LogP contribution >= 0.6 is 0 Å². The van der Waals surface area contributed by atoms with E-state index in [9.17, 15) is 13.2 Å². The number of hydrogen-bond donors (Lipinski definition) is 3. The molecule has 0 unspecified atom stereocenters. The minimum Gasteiger partial charge on any atom is -0.350 e. The van der Waals surface area contributed by atoms with E-state index in [4.69, 9.17) is 0 Å². The third-order valence-electron chi connectivity index (χ3n) is 4.13. The number of rotatable bonds is 8. The smallest absolute Gasteiger partial charge is 0.262 e. The van der Waals surface area contributed by atoms with E-state index in [0.717, 1.165) is 12.1 Å². The molecule has 0 aliphatic carbocycles. The molecule has 3 N–H and O–H groups in total. The maximum atomic E-state index is 12.7. The van der Waals surface area contributed by atoms with Crippen LogP contribution in [0.5, 0.6) is 0 Å². The lowest BCUT2D eigenvalue weighted by atomic mass is 10.2. The summed E-state index contributed by atoms with van der Waals surface area (Å²) < 4.78 is 28.0. The Labute approximate surface area is 161 Å². The fourth-order valence-electron chi connectivity index (χ4n) is 2.70.